The largest absolute Gasteiger partial charge is 0.222 e. The van der Waals surface area contributed by atoms with Crippen LogP contribution in [0.4, 0.5) is 0 Å². The van der Waals surface area contributed by atoms with Crippen LogP contribution < -0.4 is 0 Å². The lowest BCUT2D eigenvalue weighted by molar-refractivity contribution is 0.626. The lowest BCUT2D eigenvalue weighted by Crippen LogP contribution is -2.00. The van der Waals surface area contributed by atoms with Crippen molar-refractivity contribution in [2.75, 3.05) is 0 Å². The number of alkyl halides is 1. The Hall–Kier alpha value is -0.700. The van der Waals surface area contributed by atoms with Crippen LogP contribution in [0.1, 0.15) is 25.1 Å². The molecule has 2 rings (SSSR count). The normalized spacial score (nSPS) is 11.3. The van der Waals surface area contributed by atoms with Gasteiger partial charge in [-0.25, -0.2) is 4.68 Å². The molecule has 0 aliphatic rings. The third-order valence-corrected chi connectivity index (χ3v) is 3.72. The molecule has 19 heavy (non-hydrogen) atoms. The molecule has 0 N–H and O–H groups in total. The second kappa shape index (κ2) is 6.17. The fourth-order valence-electron chi connectivity index (χ4n) is 1.91. The monoisotopic (exact) mass is 316 g/mol. The van der Waals surface area contributed by atoms with E-state index in [2.05, 4.69) is 18.9 Å². The molecule has 0 aliphatic heterocycles. The molecule has 0 bridgehead atoms. The average molecular weight is 318 g/mol. The molecule has 0 atom stereocenters. The summed E-state index contributed by atoms with van der Waals surface area (Å²) in [5.74, 6) is 0.876. The molecule has 2 nitrogen and oxygen atoms in total. The van der Waals surface area contributed by atoms with Crippen LogP contribution in [0, 0.1) is 5.92 Å². The standard InChI is InChI=1S/C14H15Cl3N2/c1-9(2)7-13-12(8-15)14(17)19(18-13)11-5-3-10(16)4-6-11/h3-6,9H,7-8H2,1-2H3. The molecule has 0 radical (unpaired) electrons. The van der Waals surface area contributed by atoms with Crippen LogP contribution in [0.15, 0.2) is 24.3 Å². The van der Waals surface area contributed by atoms with Crippen molar-refractivity contribution >= 4 is 34.8 Å². The number of nitrogens with zero attached hydrogens (tertiary/aromatic N) is 2. The van der Waals surface area contributed by atoms with Crippen molar-refractivity contribution in [3.05, 3.63) is 45.7 Å². The Morgan fingerprint density at radius 3 is 2.32 bits per heavy atom. The summed E-state index contributed by atoms with van der Waals surface area (Å²) in [6, 6.07) is 7.41. The highest BCUT2D eigenvalue weighted by Crippen LogP contribution is 2.27. The van der Waals surface area contributed by atoms with E-state index >= 15 is 0 Å². The van der Waals surface area contributed by atoms with E-state index in [1.807, 2.05) is 24.3 Å². The summed E-state index contributed by atoms with van der Waals surface area (Å²) < 4.78 is 1.72. The van der Waals surface area contributed by atoms with Crippen LogP contribution in [0.2, 0.25) is 10.2 Å². The van der Waals surface area contributed by atoms with E-state index < -0.39 is 0 Å². The van der Waals surface area contributed by atoms with Gasteiger partial charge in [0.05, 0.1) is 17.3 Å². The summed E-state index contributed by atoms with van der Waals surface area (Å²) >= 11 is 18.2. The van der Waals surface area contributed by atoms with Crippen LogP contribution in [-0.2, 0) is 12.3 Å². The lowest BCUT2D eigenvalue weighted by Gasteiger charge is -2.03. The van der Waals surface area contributed by atoms with Crippen molar-refractivity contribution in [1.29, 1.82) is 0 Å². The van der Waals surface area contributed by atoms with E-state index in [4.69, 9.17) is 34.8 Å². The van der Waals surface area contributed by atoms with Gasteiger partial charge in [-0.1, -0.05) is 37.0 Å². The molecule has 1 aromatic heterocycles. The van der Waals surface area contributed by atoms with Gasteiger partial charge < -0.3 is 0 Å². The van der Waals surface area contributed by atoms with E-state index in [1.54, 1.807) is 4.68 Å². The van der Waals surface area contributed by atoms with Crippen molar-refractivity contribution in [2.45, 2.75) is 26.1 Å². The Labute approximate surface area is 128 Å². The Kier molecular flexibility index (Phi) is 4.77. The van der Waals surface area contributed by atoms with Crippen LogP contribution in [0.25, 0.3) is 5.69 Å². The van der Waals surface area contributed by atoms with Crippen molar-refractivity contribution in [3.63, 3.8) is 0 Å². The molecular weight excluding hydrogens is 303 g/mol. The summed E-state index contributed by atoms with van der Waals surface area (Å²) in [6.07, 6.45) is 0.863. The first-order valence-corrected chi connectivity index (χ1v) is 7.40. The quantitative estimate of drug-likeness (QED) is 0.716. The molecule has 102 valence electrons. The fourth-order valence-corrected chi connectivity index (χ4v) is 2.69. The Balaban J connectivity index is 2.46. The summed E-state index contributed by atoms with van der Waals surface area (Å²) in [5.41, 5.74) is 2.76. The molecule has 0 amide bonds. The number of aromatic nitrogens is 2. The maximum absolute atomic E-state index is 6.37. The van der Waals surface area contributed by atoms with E-state index in [9.17, 15) is 0 Å². The number of hydrogen-bond donors (Lipinski definition) is 0. The average Bonchev–Trinajstić information content (AvgIpc) is 2.66. The maximum Gasteiger partial charge on any atom is 0.137 e. The molecule has 1 aromatic carbocycles. The van der Waals surface area contributed by atoms with Crippen LogP contribution in [0.5, 0.6) is 0 Å². The SMILES string of the molecule is CC(C)Cc1nn(-c2ccc(Cl)cc2)c(Cl)c1CCl. The predicted molar refractivity (Wildman–Crippen MR) is 81.7 cm³/mol. The Morgan fingerprint density at radius 2 is 1.79 bits per heavy atom. The third kappa shape index (κ3) is 3.25. The van der Waals surface area contributed by atoms with Crippen LogP contribution >= 0.6 is 34.8 Å². The van der Waals surface area contributed by atoms with Crippen LogP contribution in [0.3, 0.4) is 0 Å². The van der Waals surface area contributed by atoms with E-state index in [0.29, 0.717) is 22.0 Å². The minimum atomic E-state index is 0.370. The first-order chi connectivity index (χ1) is 9.02. The highest BCUT2D eigenvalue weighted by atomic mass is 35.5. The number of halogens is 3. The van der Waals surface area contributed by atoms with Gasteiger partial charge >= 0.3 is 0 Å². The van der Waals surface area contributed by atoms with Gasteiger partial charge in [-0.3, -0.25) is 0 Å². The Morgan fingerprint density at radius 1 is 1.16 bits per heavy atom. The predicted octanol–water partition coefficient (Wildman–Crippen LogP) is 5.12. The molecule has 0 spiro atoms. The molecule has 5 heteroatoms. The molecule has 0 fully saturated rings. The smallest absolute Gasteiger partial charge is 0.137 e. The van der Waals surface area contributed by atoms with Crippen molar-refractivity contribution in [3.8, 4) is 5.69 Å². The fraction of sp³-hybridized carbons (Fsp3) is 0.357. The van der Waals surface area contributed by atoms with Gasteiger partial charge in [-0.2, -0.15) is 5.10 Å². The summed E-state index contributed by atoms with van der Waals surface area (Å²) in [5, 5.41) is 5.84. The summed E-state index contributed by atoms with van der Waals surface area (Å²) in [6.45, 7) is 4.29. The first kappa shape index (κ1) is 14.7. The minimum absolute atomic E-state index is 0.370. The topological polar surface area (TPSA) is 17.8 Å². The summed E-state index contributed by atoms with van der Waals surface area (Å²) in [7, 11) is 0. The zero-order valence-corrected chi connectivity index (χ0v) is 13.1. The minimum Gasteiger partial charge on any atom is -0.222 e. The van der Waals surface area contributed by atoms with Gasteiger partial charge in [0.15, 0.2) is 0 Å². The van der Waals surface area contributed by atoms with Gasteiger partial charge in [-0.15, -0.1) is 11.6 Å². The zero-order chi connectivity index (χ0) is 14.0. The summed E-state index contributed by atoms with van der Waals surface area (Å²) in [4.78, 5) is 0. The van der Waals surface area contributed by atoms with Gasteiger partial charge in [0.25, 0.3) is 0 Å². The van der Waals surface area contributed by atoms with Gasteiger partial charge in [0.1, 0.15) is 5.15 Å². The van der Waals surface area contributed by atoms with Crippen molar-refractivity contribution in [1.82, 2.24) is 9.78 Å². The molecule has 1 heterocycles. The number of hydrogen-bond acceptors (Lipinski definition) is 1. The third-order valence-electron chi connectivity index (χ3n) is 2.81. The van der Waals surface area contributed by atoms with Crippen molar-refractivity contribution < 1.29 is 0 Å². The van der Waals surface area contributed by atoms with Gasteiger partial charge in [0, 0.05) is 10.6 Å². The maximum atomic E-state index is 6.37. The zero-order valence-electron chi connectivity index (χ0n) is 10.8. The van der Waals surface area contributed by atoms with Crippen LogP contribution in [-0.4, -0.2) is 9.78 Å². The molecule has 0 saturated carbocycles. The first-order valence-electron chi connectivity index (χ1n) is 6.11. The van der Waals surface area contributed by atoms with Gasteiger partial charge in [0.2, 0.25) is 0 Å². The second-order valence-corrected chi connectivity index (χ2v) is 5.90. The van der Waals surface area contributed by atoms with E-state index in [1.165, 1.54) is 0 Å². The van der Waals surface area contributed by atoms with Crippen molar-refractivity contribution in [2.24, 2.45) is 5.92 Å². The van der Waals surface area contributed by atoms with E-state index in [0.717, 1.165) is 23.4 Å². The molecule has 0 unspecified atom stereocenters. The highest BCUT2D eigenvalue weighted by Gasteiger charge is 2.17. The Bertz CT molecular complexity index is 559. The molecule has 2 aromatic rings. The molecular formula is C14H15Cl3N2. The molecule has 0 saturated heterocycles. The number of rotatable bonds is 4. The highest BCUT2D eigenvalue weighted by molar-refractivity contribution is 6.31. The second-order valence-electron chi connectivity index (χ2n) is 4.84. The van der Waals surface area contributed by atoms with Gasteiger partial charge in [-0.05, 0) is 36.6 Å². The lowest BCUT2D eigenvalue weighted by atomic mass is 10.1. The number of benzene rings is 1. The molecule has 0 aliphatic carbocycles. The van der Waals surface area contributed by atoms with E-state index in [-0.39, 0.29) is 0 Å².